The fourth-order valence-electron chi connectivity index (χ4n) is 1.92. The summed E-state index contributed by atoms with van der Waals surface area (Å²) in [6.45, 7) is 0. The Bertz CT molecular complexity index is 683. The molecular formula is C15H18N4O4. The Kier molecular flexibility index (Phi) is 4.97. The van der Waals surface area contributed by atoms with Crippen LogP contribution in [0.4, 0.5) is 5.95 Å². The Hall–Kier alpha value is -2.87. The van der Waals surface area contributed by atoms with Gasteiger partial charge in [-0.15, -0.1) is 0 Å². The Morgan fingerprint density at radius 1 is 1.09 bits per heavy atom. The van der Waals surface area contributed by atoms with E-state index in [1.165, 1.54) is 42.4 Å². The quantitative estimate of drug-likeness (QED) is 0.832. The Morgan fingerprint density at radius 3 is 2.13 bits per heavy atom. The van der Waals surface area contributed by atoms with Gasteiger partial charge >= 0.3 is 0 Å². The summed E-state index contributed by atoms with van der Waals surface area (Å²) in [4.78, 5) is 21.1. The molecule has 0 aliphatic heterocycles. The number of anilines is 1. The first-order chi connectivity index (χ1) is 11.0. The summed E-state index contributed by atoms with van der Waals surface area (Å²) < 4.78 is 10.2. The number of para-hydroxylation sites is 1. The van der Waals surface area contributed by atoms with Gasteiger partial charge in [0.15, 0.2) is 0 Å². The number of benzene rings is 1. The van der Waals surface area contributed by atoms with E-state index in [9.17, 15) is 9.90 Å². The number of aromatic nitrogens is 2. The van der Waals surface area contributed by atoms with Crippen molar-refractivity contribution in [2.75, 3.05) is 33.3 Å². The van der Waals surface area contributed by atoms with Crippen molar-refractivity contribution in [3.8, 4) is 17.5 Å². The first-order valence-corrected chi connectivity index (χ1v) is 6.74. The number of carbonyl (C=O) groups excluding carboxylic acids is 1. The third kappa shape index (κ3) is 3.49. The molecule has 0 saturated carbocycles. The fraction of sp³-hybridized carbons (Fsp3) is 0.267. The van der Waals surface area contributed by atoms with Crippen molar-refractivity contribution in [3.63, 3.8) is 0 Å². The lowest BCUT2D eigenvalue weighted by Gasteiger charge is -2.27. The zero-order valence-electron chi connectivity index (χ0n) is 13.3. The average Bonchev–Trinajstić information content (AvgIpc) is 2.54. The molecule has 0 radical (unpaired) electrons. The lowest BCUT2D eigenvalue weighted by atomic mass is 10.2. The van der Waals surface area contributed by atoms with Gasteiger partial charge in [-0.25, -0.2) is 10.0 Å². The van der Waals surface area contributed by atoms with E-state index < -0.39 is 5.91 Å². The van der Waals surface area contributed by atoms with E-state index >= 15 is 0 Å². The van der Waals surface area contributed by atoms with Gasteiger partial charge in [-0.1, -0.05) is 12.1 Å². The van der Waals surface area contributed by atoms with Gasteiger partial charge in [0, 0.05) is 14.1 Å². The van der Waals surface area contributed by atoms with E-state index in [2.05, 4.69) is 9.97 Å². The molecule has 0 atom stereocenters. The second-order valence-electron chi connectivity index (χ2n) is 4.73. The Labute approximate surface area is 133 Å². The number of ether oxygens (including phenoxy) is 2. The van der Waals surface area contributed by atoms with Crippen LogP contribution in [0.1, 0.15) is 10.4 Å². The number of aromatic hydroxyl groups is 1. The summed E-state index contributed by atoms with van der Waals surface area (Å²) in [5.41, 5.74) is 0.131. The first kappa shape index (κ1) is 16.5. The minimum atomic E-state index is -0.483. The van der Waals surface area contributed by atoms with E-state index in [1.54, 1.807) is 26.2 Å². The van der Waals surface area contributed by atoms with Crippen molar-refractivity contribution in [2.24, 2.45) is 0 Å². The SMILES string of the molecule is COc1cc(OC)nc(N(C(=O)c2ccccc2O)N(C)C)n1. The molecule has 1 N–H and O–H groups in total. The van der Waals surface area contributed by atoms with E-state index in [0.717, 1.165) is 0 Å². The highest BCUT2D eigenvalue weighted by Crippen LogP contribution is 2.24. The van der Waals surface area contributed by atoms with Gasteiger partial charge in [-0.2, -0.15) is 9.97 Å². The van der Waals surface area contributed by atoms with Crippen LogP contribution >= 0.6 is 0 Å². The third-order valence-corrected chi connectivity index (χ3v) is 3.00. The molecule has 122 valence electrons. The molecule has 0 saturated heterocycles. The summed E-state index contributed by atoms with van der Waals surface area (Å²) >= 11 is 0. The second-order valence-corrected chi connectivity index (χ2v) is 4.73. The van der Waals surface area contributed by atoms with Crippen LogP contribution in [0.2, 0.25) is 0 Å². The highest BCUT2D eigenvalue weighted by molar-refractivity contribution is 6.06. The highest BCUT2D eigenvalue weighted by atomic mass is 16.5. The first-order valence-electron chi connectivity index (χ1n) is 6.74. The Balaban J connectivity index is 2.51. The molecule has 0 aliphatic carbocycles. The number of hydrazine groups is 1. The molecule has 0 spiro atoms. The van der Waals surface area contributed by atoms with E-state index in [-0.39, 0.29) is 29.0 Å². The van der Waals surface area contributed by atoms with E-state index in [1.807, 2.05) is 0 Å². The van der Waals surface area contributed by atoms with Gasteiger partial charge in [0.05, 0.1) is 25.8 Å². The number of hydrogen-bond donors (Lipinski definition) is 1. The van der Waals surface area contributed by atoms with Crippen LogP contribution in [0, 0.1) is 0 Å². The monoisotopic (exact) mass is 318 g/mol. The largest absolute Gasteiger partial charge is 0.507 e. The molecule has 0 aliphatic rings. The van der Waals surface area contributed by atoms with E-state index in [0.29, 0.717) is 0 Å². The smallest absolute Gasteiger partial charge is 0.279 e. The van der Waals surface area contributed by atoms with Crippen LogP contribution in [-0.4, -0.2) is 54.3 Å². The van der Waals surface area contributed by atoms with Crippen molar-refractivity contribution < 1.29 is 19.4 Å². The molecule has 8 heteroatoms. The maximum atomic E-state index is 12.8. The summed E-state index contributed by atoms with van der Waals surface area (Å²) in [7, 11) is 6.23. The zero-order valence-corrected chi connectivity index (χ0v) is 13.3. The van der Waals surface area contributed by atoms with Gasteiger partial charge in [0.2, 0.25) is 11.8 Å². The molecule has 0 unspecified atom stereocenters. The molecule has 1 heterocycles. The van der Waals surface area contributed by atoms with Crippen LogP contribution in [0.5, 0.6) is 17.5 Å². The van der Waals surface area contributed by atoms with Crippen LogP contribution in [0.15, 0.2) is 30.3 Å². The number of nitrogens with zero attached hydrogens (tertiary/aromatic N) is 4. The van der Waals surface area contributed by atoms with Crippen molar-refractivity contribution in [3.05, 3.63) is 35.9 Å². The van der Waals surface area contributed by atoms with Gasteiger partial charge in [-0.3, -0.25) is 4.79 Å². The van der Waals surface area contributed by atoms with Crippen molar-refractivity contribution in [1.82, 2.24) is 15.0 Å². The second kappa shape index (κ2) is 6.93. The lowest BCUT2D eigenvalue weighted by Crippen LogP contribution is -2.43. The number of rotatable bonds is 5. The highest BCUT2D eigenvalue weighted by Gasteiger charge is 2.26. The number of phenols is 1. The summed E-state index contributed by atoms with van der Waals surface area (Å²) in [5, 5.41) is 12.6. The van der Waals surface area contributed by atoms with Crippen LogP contribution in [0.25, 0.3) is 0 Å². The predicted molar refractivity (Wildman–Crippen MR) is 83.7 cm³/mol. The summed E-state index contributed by atoms with van der Waals surface area (Å²) in [5.74, 6) is -0.0327. The average molecular weight is 318 g/mol. The topological polar surface area (TPSA) is 88.0 Å². The van der Waals surface area contributed by atoms with Crippen molar-refractivity contribution >= 4 is 11.9 Å². The number of phenolic OH excluding ortho intramolecular Hbond substituents is 1. The summed E-state index contributed by atoms with van der Waals surface area (Å²) in [6, 6.07) is 7.76. The van der Waals surface area contributed by atoms with Crippen LogP contribution in [-0.2, 0) is 0 Å². The molecular weight excluding hydrogens is 300 g/mol. The molecule has 1 aromatic heterocycles. The molecule has 1 aromatic carbocycles. The lowest BCUT2D eigenvalue weighted by molar-refractivity contribution is 0.0923. The fourth-order valence-corrected chi connectivity index (χ4v) is 1.92. The van der Waals surface area contributed by atoms with Gasteiger partial charge < -0.3 is 14.6 Å². The van der Waals surface area contributed by atoms with Crippen LogP contribution < -0.4 is 14.5 Å². The normalized spacial score (nSPS) is 10.5. The van der Waals surface area contributed by atoms with Crippen molar-refractivity contribution in [1.29, 1.82) is 0 Å². The minimum Gasteiger partial charge on any atom is -0.507 e. The maximum Gasteiger partial charge on any atom is 0.279 e. The molecule has 1 amide bonds. The van der Waals surface area contributed by atoms with Crippen LogP contribution in [0.3, 0.4) is 0 Å². The maximum absolute atomic E-state index is 12.8. The van der Waals surface area contributed by atoms with Gasteiger partial charge in [-0.05, 0) is 12.1 Å². The standard InChI is InChI=1S/C15H18N4O4/c1-18(2)19(14(21)10-7-5-6-8-11(10)20)15-16-12(22-3)9-13(17-15)23-4/h5-9,20H,1-4H3. The third-order valence-electron chi connectivity index (χ3n) is 3.00. The summed E-state index contributed by atoms with van der Waals surface area (Å²) in [6.07, 6.45) is 0. The number of methoxy groups -OCH3 is 2. The number of carbonyl (C=O) groups is 1. The molecule has 8 nitrogen and oxygen atoms in total. The number of hydrogen-bond acceptors (Lipinski definition) is 7. The van der Waals surface area contributed by atoms with Crippen molar-refractivity contribution in [2.45, 2.75) is 0 Å². The minimum absolute atomic E-state index is 0.0689. The molecule has 2 rings (SSSR count). The Morgan fingerprint density at radius 2 is 1.65 bits per heavy atom. The number of amides is 1. The molecule has 2 aromatic rings. The molecule has 23 heavy (non-hydrogen) atoms. The molecule has 0 fully saturated rings. The van der Waals surface area contributed by atoms with Gasteiger partial charge in [0.1, 0.15) is 5.75 Å². The zero-order chi connectivity index (χ0) is 17.0. The van der Waals surface area contributed by atoms with E-state index in [4.69, 9.17) is 9.47 Å². The van der Waals surface area contributed by atoms with Gasteiger partial charge in [0.25, 0.3) is 11.9 Å². The predicted octanol–water partition coefficient (Wildman–Crippen LogP) is 1.32. The molecule has 0 bridgehead atoms.